The van der Waals surface area contributed by atoms with Crippen molar-refractivity contribution in [1.29, 1.82) is 5.26 Å². The van der Waals surface area contributed by atoms with Gasteiger partial charge in [0.25, 0.3) is 0 Å². The molecule has 1 rings (SSSR count). The van der Waals surface area contributed by atoms with Gasteiger partial charge in [0.2, 0.25) is 0 Å². The zero-order valence-electron chi connectivity index (χ0n) is 8.94. The molecule has 0 aromatic heterocycles. The minimum absolute atomic E-state index is 0.222. The number of hydrogen-bond acceptors (Lipinski definition) is 4. The van der Waals surface area contributed by atoms with Gasteiger partial charge in [-0.15, -0.1) is 0 Å². The van der Waals surface area contributed by atoms with Crippen LogP contribution in [0.3, 0.4) is 0 Å². The van der Waals surface area contributed by atoms with Gasteiger partial charge in [-0.2, -0.15) is 5.26 Å². The molecule has 1 aromatic rings. The molecule has 0 amide bonds. The molecular weight excluding hydrogens is 211 g/mol. The van der Waals surface area contributed by atoms with Crippen LogP contribution in [0.1, 0.15) is 19.4 Å². The van der Waals surface area contributed by atoms with E-state index in [4.69, 9.17) is 15.2 Å². The second-order valence-corrected chi connectivity index (χ2v) is 3.22. The third-order valence-electron chi connectivity index (χ3n) is 1.97. The van der Waals surface area contributed by atoms with Gasteiger partial charge in [0.1, 0.15) is 17.6 Å². The maximum absolute atomic E-state index is 13.0. The maximum atomic E-state index is 13.0. The first-order chi connectivity index (χ1) is 7.58. The van der Waals surface area contributed by atoms with Crippen LogP contribution in [0.25, 0.3) is 0 Å². The molecule has 1 unspecified atom stereocenters. The summed E-state index contributed by atoms with van der Waals surface area (Å²) in [6.07, 6.45) is -0.657. The Kier molecular flexibility index (Phi) is 3.84. The Morgan fingerprint density at radius 2 is 2.31 bits per heavy atom. The number of halogens is 1. The van der Waals surface area contributed by atoms with E-state index in [9.17, 15) is 4.39 Å². The van der Waals surface area contributed by atoms with E-state index in [0.717, 1.165) is 0 Å². The van der Waals surface area contributed by atoms with Gasteiger partial charge >= 0.3 is 0 Å². The Labute approximate surface area is 92.6 Å². The van der Waals surface area contributed by atoms with E-state index in [2.05, 4.69) is 5.16 Å². The van der Waals surface area contributed by atoms with Crippen LogP contribution in [0.15, 0.2) is 23.4 Å². The average molecular weight is 222 g/mol. The Bertz CT molecular complexity index is 452. The number of hydrogen-bond donors (Lipinski definition) is 1. The molecule has 0 saturated carbocycles. The van der Waals surface area contributed by atoms with Crippen LogP contribution in [0, 0.1) is 17.1 Å². The van der Waals surface area contributed by atoms with E-state index in [-0.39, 0.29) is 5.71 Å². The second-order valence-electron chi connectivity index (χ2n) is 3.22. The summed E-state index contributed by atoms with van der Waals surface area (Å²) in [4.78, 5) is 0. The molecule has 1 atom stereocenters. The Balaban J connectivity index is 3.14. The summed E-state index contributed by atoms with van der Waals surface area (Å²) in [5.41, 5.74) is 0.546. The van der Waals surface area contributed by atoms with Gasteiger partial charge in [-0.05, 0) is 32.0 Å². The highest BCUT2D eigenvalue weighted by Crippen LogP contribution is 2.21. The third kappa shape index (κ3) is 2.70. The quantitative estimate of drug-likeness (QED) is 0.485. The monoisotopic (exact) mass is 222 g/mol. The molecule has 0 heterocycles. The molecule has 0 aliphatic carbocycles. The first kappa shape index (κ1) is 12.0. The molecule has 0 aliphatic rings. The Hall–Kier alpha value is -2.09. The fourth-order valence-corrected chi connectivity index (χ4v) is 1.16. The number of ether oxygens (including phenoxy) is 1. The number of benzene rings is 1. The van der Waals surface area contributed by atoms with Crippen molar-refractivity contribution in [3.63, 3.8) is 0 Å². The van der Waals surface area contributed by atoms with Gasteiger partial charge in [-0.25, -0.2) is 4.39 Å². The van der Waals surface area contributed by atoms with Gasteiger partial charge in [0, 0.05) is 5.56 Å². The van der Waals surface area contributed by atoms with Crippen molar-refractivity contribution in [1.82, 2.24) is 0 Å². The van der Waals surface area contributed by atoms with Crippen molar-refractivity contribution in [2.45, 2.75) is 20.0 Å². The standard InChI is InChI=1S/C11H11FN2O2/c1-7(6-13)16-11-4-3-9(12)5-10(11)8(2)14-15/h3-5,7,15H,1-2H3. The molecule has 0 radical (unpaired) electrons. The van der Waals surface area contributed by atoms with E-state index in [1.807, 2.05) is 6.07 Å². The lowest BCUT2D eigenvalue weighted by Crippen LogP contribution is -2.11. The molecule has 0 bridgehead atoms. The fourth-order valence-electron chi connectivity index (χ4n) is 1.16. The minimum atomic E-state index is -0.657. The molecule has 0 fully saturated rings. The fraction of sp³-hybridized carbons (Fsp3) is 0.273. The van der Waals surface area contributed by atoms with Gasteiger partial charge in [-0.3, -0.25) is 0 Å². The molecule has 0 spiro atoms. The maximum Gasteiger partial charge on any atom is 0.181 e. The van der Waals surface area contributed by atoms with Crippen molar-refractivity contribution >= 4 is 5.71 Å². The highest BCUT2D eigenvalue weighted by Gasteiger charge is 2.11. The second kappa shape index (κ2) is 5.12. The first-order valence-corrected chi connectivity index (χ1v) is 4.63. The molecule has 84 valence electrons. The molecule has 0 saturated heterocycles. The highest BCUT2D eigenvalue weighted by molar-refractivity contribution is 6.00. The van der Waals surface area contributed by atoms with Gasteiger partial charge in [0.15, 0.2) is 6.10 Å². The largest absolute Gasteiger partial charge is 0.475 e. The smallest absolute Gasteiger partial charge is 0.181 e. The zero-order chi connectivity index (χ0) is 12.1. The highest BCUT2D eigenvalue weighted by atomic mass is 19.1. The Morgan fingerprint density at radius 3 is 2.88 bits per heavy atom. The molecule has 4 nitrogen and oxygen atoms in total. The lowest BCUT2D eigenvalue weighted by Gasteiger charge is -2.11. The first-order valence-electron chi connectivity index (χ1n) is 4.63. The summed E-state index contributed by atoms with van der Waals surface area (Å²) in [6.45, 7) is 3.08. The number of nitrogens with zero attached hydrogens (tertiary/aromatic N) is 2. The third-order valence-corrected chi connectivity index (χ3v) is 1.97. The molecule has 16 heavy (non-hydrogen) atoms. The molecule has 5 heteroatoms. The summed E-state index contributed by atoms with van der Waals surface area (Å²) < 4.78 is 18.3. The van der Waals surface area contributed by atoms with Crippen LogP contribution in [0.2, 0.25) is 0 Å². The SMILES string of the molecule is CC(=NO)c1cc(F)ccc1OC(C)C#N. The van der Waals surface area contributed by atoms with Crippen molar-refractivity contribution in [3.05, 3.63) is 29.6 Å². The van der Waals surface area contributed by atoms with E-state index < -0.39 is 11.9 Å². The van der Waals surface area contributed by atoms with Crippen molar-refractivity contribution in [3.8, 4) is 11.8 Å². The molecule has 0 aliphatic heterocycles. The molecule has 1 N–H and O–H groups in total. The predicted octanol–water partition coefficient (Wildman–Crippen LogP) is 2.31. The molecule has 1 aromatic carbocycles. The van der Waals surface area contributed by atoms with E-state index in [1.54, 1.807) is 6.92 Å². The Morgan fingerprint density at radius 1 is 1.62 bits per heavy atom. The van der Waals surface area contributed by atoms with Crippen LogP contribution in [0.4, 0.5) is 4.39 Å². The van der Waals surface area contributed by atoms with E-state index >= 15 is 0 Å². The van der Waals surface area contributed by atoms with Crippen molar-refractivity contribution in [2.24, 2.45) is 5.16 Å². The average Bonchev–Trinajstić information content (AvgIpc) is 2.30. The van der Waals surface area contributed by atoms with Crippen LogP contribution >= 0.6 is 0 Å². The number of oxime groups is 1. The summed E-state index contributed by atoms with van der Waals surface area (Å²) >= 11 is 0. The number of rotatable bonds is 3. The van der Waals surface area contributed by atoms with Gasteiger partial charge in [-0.1, -0.05) is 5.16 Å². The van der Waals surface area contributed by atoms with Gasteiger partial charge in [0.05, 0.1) is 5.71 Å². The van der Waals surface area contributed by atoms with E-state index in [0.29, 0.717) is 11.3 Å². The minimum Gasteiger partial charge on any atom is -0.475 e. The van der Waals surface area contributed by atoms with E-state index in [1.165, 1.54) is 25.1 Å². The van der Waals surface area contributed by atoms with Crippen LogP contribution < -0.4 is 4.74 Å². The zero-order valence-corrected chi connectivity index (χ0v) is 8.94. The summed E-state index contributed by atoms with van der Waals surface area (Å²) in [5, 5.41) is 20.2. The summed E-state index contributed by atoms with van der Waals surface area (Å²) in [6, 6.07) is 5.69. The van der Waals surface area contributed by atoms with Gasteiger partial charge < -0.3 is 9.94 Å². The van der Waals surface area contributed by atoms with Crippen LogP contribution in [-0.2, 0) is 0 Å². The number of nitriles is 1. The van der Waals surface area contributed by atoms with Crippen molar-refractivity contribution in [2.75, 3.05) is 0 Å². The van der Waals surface area contributed by atoms with Crippen LogP contribution in [-0.4, -0.2) is 17.0 Å². The molecular formula is C11H11FN2O2. The lowest BCUT2D eigenvalue weighted by molar-refractivity contribution is 0.275. The topological polar surface area (TPSA) is 65.6 Å². The summed E-state index contributed by atoms with van der Waals surface area (Å²) in [7, 11) is 0. The lowest BCUT2D eigenvalue weighted by atomic mass is 10.1. The predicted molar refractivity (Wildman–Crippen MR) is 56.1 cm³/mol. The van der Waals surface area contributed by atoms with Crippen LogP contribution in [0.5, 0.6) is 5.75 Å². The normalized spacial score (nSPS) is 13.0. The summed E-state index contributed by atoms with van der Waals surface area (Å²) in [5.74, 6) is -0.152. The van der Waals surface area contributed by atoms with Crippen molar-refractivity contribution < 1.29 is 14.3 Å².